The third-order valence-corrected chi connectivity index (χ3v) is 9.72. The highest BCUT2D eigenvalue weighted by Crippen LogP contribution is 2.62. The Morgan fingerprint density at radius 3 is 2.32 bits per heavy atom. The van der Waals surface area contributed by atoms with E-state index in [1.807, 2.05) is 0 Å². The fourth-order valence-corrected chi connectivity index (χ4v) is 9.03. The maximum absolute atomic E-state index is 6.59. The molecule has 0 bridgehead atoms. The molecule has 28 heavy (non-hydrogen) atoms. The summed E-state index contributed by atoms with van der Waals surface area (Å²) in [7, 11) is -2.97. The molecule has 0 aromatic rings. The molecule has 0 spiro atoms. The summed E-state index contributed by atoms with van der Waals surface area (Å²) in [6, 6.07) is 0. The molecule has 0 aliphatic heterocycles. The lowest BCUT2D eigenvalue weighted by atomic mass is 9.53. The van der Waals surface area contributed by atoms with Gasteiger partial charge in [-0.2, -0.15) is 0 Å². The minimum absolute atomic E-state index is 0.297. The lowest BCUT2D eigenvalue weighted by molar-refractivity contribution is -0.00135. The van der Waals surface area contributed by atoms with Crippen LogP contribution < -0.4 is 0 Å². The van der Waals surface area contributed by atoms with Gasteiger partial charge in [0, 0.05) is 11.5 Å². The number of fused-ring (bicyclic) bond motifs is 5. The third kappa shape index (κ3) is 3.98. The van der Waals surface area contributed by atoms with Crippen molar-refractivity contribution in [2.45, 2.75) is 97.3 Å². The summed E-state index contributed by atoms with van der Waals surface area (Å²) >= 11 is 0. The lowest BCUT2D eigenvalue weighted by Crippen LogP contribution is -2.47. The first kappa shape index (κ1) is 20.9. The first-order valence-electron chi connectivity index (χ1n) is 11.7. The molecule has 4 aliphatic rings. The molecule has 158 valence electrons. The first-order chi connectivity index (χ1) is 13.0. The van der Waals surface area contributed by atoms with Crippen LogP contribution in [0, 0.1) is 29.1 Å². The molecule has 0 heterocycles. The van der Waals surface area contributed by atoms with Crippen LogP contribution in [0.1, 0.15) is 51.9 Å². The SMILES string of the molecule is CC12CCC3C4CC[C@H](O[Si](C)(C)C)CC4=CCC3C1CC=C2O[Si](C)(C)C. The molecule has 2 saturated carbocycles. The maximum Gasteiger partial charge on any atom is 0.241 e. The molecule has 4 heteroatoms. The summed E-state index contributed by atoms with van der Waals surface area (Å²) in [5, 5.41) is 0. The topological polar surface area (TPSA) is 18.5 Å². The maximum atomic E-state index is 6.59. The van der Waals surface area contributed by atoms with E-state index in [9.17, 15) is 0 Å². The van der Waals surface area contributed by atoms with E-state index < -0.39 is 16.6 Å². The second kappa shape index (κ2) is 7.13. The van der Waals surface area contributed by atoms with Crippen LogP contribution in [0.25, 0.3) is 0 Å². The Balaban J connectivity index is 1.48. The molecule has 5 unspecified atom stereocenters. The van der Waals surface area contributed by atoms with Crippen LogP contribution in [-0.4, -0.2) is 22.7 Å². The smallest absolute Gasteiger partial charge is 0.241 e. The number of rotatable bonds is 4. The molecule has 0 radical (unpaired) electrons. The van der Waals surface area contributed by atoms with E-state index in [0.29, 0.717) is 11.5 Å². The standard InChI is InChI=1S/C24H42O2Si2/c1-24-15-14-20-19-11-9-18(25-27(2,3)4)16-17(19)8-10-21(20)22(24)12-13-23(24)26-28(5,6)7/h8,13,18-22H,9-12,14-16H2,1-7H3/t18-,19?,20?,21?,22?,24?/m0/s1. The molecule has 6 atom stereocenters. The fourth-order valence-electron chi connectivity index (χ4n) is 6.85. The highest BCUT2D eigenvalue weighted by Gasteiger charge is 2.54. The monoisotopic (exact) mass is 418 g/mol. The summed E-state index contributed by atoms with van der Waals surface area (Å²) in [4.78, 5) is 0. The Hall–Kier alpha value is -0.326. The van der Waals surface area contributed by atoms with Crippen LogP contribution in [0.5, 0.6) is 0 Å². The molecular weight excluding hydrogens is 376 g/mol. The van der Waals surface area contributed by atoms with Gasteiger partial charge >= 0.3 is 0 Å². The molecule has 0 amide bonds. The predicted molar refractivity (Wildman–Crippen MR) is 123 cm³/mol. The minimum atomic E-state index is -1.54. The summed E-state index contributed by atoms with van der Waals surface area (Å²) in [6.45, 7) is 16.5. The lowest BCUT2D eigenvalue weighted by Gasteiger charge is -2.53. The van der Waals surface area contributed by atoms with E-state index in [-0.39, 0.29) is 0 Å². The molecule has 0 N–H and O–H groups in total. The Morgan fingerprint density at radius 2 is 1.64 bits per heavy atom. The number of allylic oxidation sites excluding steroid dienone is 3. The Labute approximate surface area is 175 Å². The van der Waals surface area contributed by atoms with E-state index in [4.69, 9.17) is 8.85 Å². The van der Waals surface area contributed by atoms with Crippen LogP contribution in [0.3, 0.4) is 0 Å². The van der Waals surface area contributed by atoms with Crippen molar-refractivity contribution in [3.63, 3.8) is 0 Å². The molecule has 4 rings (SSSR count). The third-order valence-electron chi connectivity index (χ3n) is 7.85. The molecule has 4 aliphatic carbocycles. The first-order valence-corrected chi connectivity index (χ1v) is 18.5. The van der Waals surface area contributed by atoms with E-state index in [1.165, 1.54) is 50.7 Å². The quantitative estimate of drug-likeness (QED) is 0.357. The van der Waals surface area contributed by atoms with Gasteiger partial charge in [-0.1, -0.05) is 18.6 Å². The van der Waals surface area contributed by atoms with Crippen LogP contribution >= 0.6 is 0 Å². The van der Waals surface area contributed by atoms with Crippen LogP contribution in [0.2, 0.25) is 39.3 Å². The van der Waals surface area contributed by atoms with Crippen LogP contribution in [-0.2, 0) is 8.85 Å². The van der Waals surface area contributed by atoms with Crippen molar-refractivity contribution in [1.29, 1.82) is 0 Å². The highest BCUT2D eigenvalue weighted by atomic mass is 28.4. The highest BCUT2D eigenvalue weighted by molar-refractivity contribution is 6.70. The van der Waals surface area contributed by atoms with Crippen molar-refractivity contribution >= 4 is 16.6 Å². The molecule has 0 saturated heterocycles. The molecule has 2 nitrogen and oxygen atoms in total. The number of hydrogen-bond acceptors (Lipinski definition) is 2. The van der Waals surface area contributed by atoms with Crippen molar-refractivity contribution < 1.29 is 8.85 Å². The zero-order chi connectivity index (χ0) is 20.3. The Morgan fingerprint density at radius 1 is 0.893 bits per heavy atom. The average Bonchev–Trinajstić information content (AvgIpc) is 2.88. The van der Waals surface area contributed by atoms with Gasteiger partial charge in [0.2, 0.25) is 8.32 Å². The van der Waals surface area contributed by atoms with Gasteiger partial charge in [-0.05, 0) is 114 Å². The zero-order valence-electron chi connectivity index (χ0n) is 19.3. The average molecular weight is 419 g/mol. The van der Waals surface area contributed by atoms with Gasteiger partial charge in [0.1, 0.15) is 0 Å². The molecule has 0 aromatic heterocycles. The van der Waals surface area contributed by atoms with Gasteiger partial charge < -0.3 is 8.85 Å². The van der Waals surface area contributed by atoms with Gasteiger partial charge in [0.15, 0.2) is 8.32 Å². The van der Waals surface area contributed by atoms with Crippen molar-refractivity contribution in [1.82, 2.24) is 0 Å². The predicted octanol–water partition coefficient (Wildman–Crippen LogP) is 7.12. The molecule has 2 fully saturated rings. The fraction of sp³-hybridized carbons (Fsp3) is 0.833. The second-order valence-electron chi connectivity index (χ2n) is 12.2. The number of hydrogen-bond donors (Lipinski definition) is 0. The van der Waals surface area contributed by atoms with Crippen molar-refractivity contribution in [3.05, 3.63) is 23.5 Å². The molecular formula is C24H42O2Si2. The second-order valence-corrected chi connectivity index (χ2v) is 21.1. The normalized spacial score (nSPS) is 40.8. The largest absolute Gasteiger partial charge is 0.547 e. The molecule has 0 aromatic carbocycles. The van der Waals surface area contributed by atoms with Crippen molar-refractivity contribution in [2.75, 3.05) is 0 Å². The Bertz CT molecular complexity index is 669. The van der Waals surface area contributed by atoms with Gasteiger partial charge in [0.05, 0.1) is 5.76 Å². The summed E-state index contributed by atoms with van der Waals surface area (Å²) < 4.78 is 13.1. The minimum Gasteiger partial charge on any atom is -0.547 e. The summed E-state index contributed by atoms with van der Waals surface area (Å²) in [5.41, 5.74) is 2.05. The van der Waals surface area contributed by atoms with E-state index >= 15 is 0 Å². The Kier molecular flexibility index (Phi) is 5.33. The van der Waals surface area contributed by atoms with Crippen LogP contribution in [0.15, 0.2) is 23.5 Å². The van der Waals surface area contributed by atoms with E-state index in [1.54, 1.807) is 5.57 Å². The van der Waals surface area contributed by atoms with Gasteiger partial charge in [-0.15, -0.1) is 0 Å². The van der Waals surface area contributed by atoms with Gasteiger partial charge in [0.25, 0.3) is 0 Å². The summed E-state index contributed by atoms with van der Waals surface area (Å²) in [6.07, 6.45) is 14.7. The summed E-state index contributed by atoms with van der Waals surface area (Å²) in [5.74, 6) is 4.77. The van der Waals surface area contributed by atoms with Crippen LogP contribution in [0.4, 0.5) is 0 Å². The van der Waals surface area contributed by atoms with E-state index in [2.05, 4.69) is 58.4 Å². The van der Waals surface area contributed by atoms with Crippen molar-refractivity contribution in [2.24, 2.45) is 29.1 Å². The van der Waals surface area contributed by atoms with Gasteiger partial charge in [-0.25, -0.2) is 0 Å². The van der Waals surface area contributed by atoms with Gasteiger partial charge in [-0.3, -0.25) is 0 Å². The van der Waals surface area contributed by atoms with E-state index in [0.717, 1.165) is 23.7 Å². The zero-order valence-corrected chi connectivity index (χ0v) is 21.3. The van der Waals surface area contributed by atoms with Crippen molar-refractivity contribution in [3.8, 4) is 0 Å².